The summed E-state index contributed by atoms with van der Waals surface area (Å²) in [6.07, 6.45) is 1.93. The fourth-order valence-electron chi connectivity index (χ4n) is 2.42. The molecule has 6 heteroatoms. The summed E-state index contributed by atoms with van der Waals surface area (Å²) in [6.45, 7) is 0. The third-order valence-electron chi connectivity index (χ3n) is 3.87. The highest BCUT2D eigenvalue weighted by molar-refractivity contribution is 8.02. The minimum Gasteiger partial charge on any atom is -0.497 e. The topological polar surface area (TPSA) is 64.7 Å². The van der Waals surface area contributed by atoms with Gasteiger partial charge >= 0.3 is 0 Å². The number of allylic oxidation sites excluding steroid dienone is 1. The zero-order chi connectivity index (χ0) is 19.8. The maximum atomic E-state index is 10.8. The largest absolute Gasteiger partial charge is 0.497 e. The van der Waals surface area contributed by atoms with Crippen molar-refractivity contribution in [2.45, 2.75) is 4.90 Å². The Labute approximate surface area is 167 Å². The number of rotatable bonds is 7. The zero-order valence-electron chi connectivity index (χ0n) is 15.2. The van der Waals surface area contributed by atoms with Crippen molar-refractivity contribution >= 4 is 28.8 Å². The molecule has 0 amide bonds. The second-order valence-corrected chi connectivity index (χ2v) is 6.71. The van der Waals surface area contributed by atoms with E-state index in [4.69, 9.17) is 9.73 Å². The monoisotopic (exact) mass is 390 g/mol. The number of aliphatic imine (C=N–C) groups is 1. The summed E-state index contributed by atoms with van der Waals surface area (Å²) in [5, 5.41) is 12.7. The highest BCUT2D eigenvalue weighted by Gasteiger charge is 2.04. The van der Waals surface area contributed by atoms with E-state index in [-0.39, 0.29) is 5.69 Å². The van der Waals surface area contributed by atoms with E-state index in [2.05, 4.69) is 0 Å². The molecule has 0 aliphatic carbocycles. The minimum absolute atomic E-state index is 0.0814. The predicted molar refractivity (Wildman–Crippen MR) is 114 cm³/mol. The van der Waals surface area contributed by atoms with E-state index in [1.54, 1.807) is 19.2 Å². The van der Waals surface area contributed by atoms with E-state index in [1.807, 2.05) is 66.1 Å². The van der Waals surface area contributed by atoms with Crippen LogP contribution in [0.2, 0.25) is 0 Å². The second-order valence-electron chi connectivity index (χ2n) is 5.73. The molecule has 3 aromatic carbocycles. The van der Waals surface area contributed by atoms with Crippen LogP contribution in [0.15, 0.2) is 100 Å². The van der Waals surface area contributed by atoms with Crippen LogP contribution in [-0.4, -0.2) is 17.7 Å². The lowest BCUT2D eigenvalue weighted by Crippen LogP contribution is -1.96. The van der Waals surface area contributed by atoms with Gasteiger partial charge in [0.25, 0.3) is 5.69 Å². The highest BCUT2D eigenvalue weighted by atomic mass is 32.2. The van der Waals surface area contributed by atoms with E-state index in [9.17, 15) is 10.1 Å². The Morgan fingerprint density at radius 1 is 1.00 bits per heavy atom. The molecule has 0 radical (unpaired) electrons. The van der Waals surface area contributed by atoms with Gasteiger partial charge in [0, 0.05) is 22.6 Å². The van der Waals surface area contributed by atoms with Gasteiger partial charge in [-0.1, -0.05) is 30.0 Å². The number of benzene rings is 3. The fourth-order valence-corrected chi connectivity index (χ4v) is 3.07. The van der Waals surface area contributed by atoms with E-state index in [0.29, 0.717) is 0 Å². The van der Waals surface area contributed by atoms with Crippen LogP contribution >= 0.6 is 11.8 Å². The fraction of sp³-hybridized carbons (Fsp3) is 0.0455. The number of hydrogen-bond donors (Lipinski definition) is 0. The van der Waals surface area contributed by atoms with Gasteiger partial charge in [0.1, 0.15) is 5.75 Å². The first-order chi connectivity index (χ1) is 13.7. The van der Waals surface area contributed by atoms with Gasteiger partial charge < -0.3 is 4.74 Å². The Morgan fingerprint density at radius 2 is 1.68 bits per heavy atom. The second kappa shape index (κ2) is 9.53. The first-order valence-corrected chi connectivity index (χ1v) is 9.39. The van der Waals surface area contributed by atoms with Gasteiger partial charge in [0.05, 0.1) is 23.4 Å². The summed E-state index contributed by atoms with van der Waals surface area (Å²) in [7, 11) is 1.63. The molecular weight excluding hydrogens is 372 g/mol. The van der Waals surface area contributed by atoms with Gasteiger partial charge in [-0.25, -0.2) is 4.99 Å². The number of non-ortho nitro benzene ring substituents is 1. The molecule has 0 aliphatic rings. The standard InChI is InChI=1S/C22H18N2O3S/c1-27-20-11-7-17(8-12-20)22(23-18-5-3-2-4-6-18)15-16-28-21-13-9-19(10-14-21)24(25)26/h2-16H,1H3. The third kappa shape index (κ3) is 5.31. The van der Waals surface area contributed by atoms with Crippen LogP contribution < -0.4 is 4.74 Å². The molecule has 3 rings (SSSR count). The van der Waals surface area contributed by atoms with Crippen LogP contribution in [0.1, 0.15) is 5.56 Å². The van der Waals surface area contributed by atoms with Crippen LogP contribution in [0, 0.1) is 10.1 Å². The molecule has 3 aromatic rings. The molecule has 0 atom stereocenters. The SMILES string of the molecule is COc1ccc(C(C=CSc2ccc([N+](=O)[O-])cc2)=Nc2ccccc2)cc1. The average Bonchev–Trinajstić information content (AvgIpc) is 2.74. The van der Waals surface area contributed by atoms with E-state index >= 15 is 0 Å². The van der Waals surface area contributed by atoms with Crippen molar-refractivity contribution in [3.05, 3.63) is 106 Å². The van der Waals surface area contributed by atoms with Crippen LogP contribution in [0.25, 0.3) is 0 Å². The number of methoxy groups -OCH3 is 1. The van der Waals surface area contributed by atoms with E-state index in [0.717, 1.165) is 27.6 Å². The van der Waals surface area contributed by atoms with Gasteiger partial charge in [-0.05, 0) is 60.0 Å². The number of thioether (sulfide) groups is 1. The first-order valence-electron chi connectivity index (χ1n) is 8.51. The summed E-state index contributed by atoms with van der Waals surface area (Å²) < 4.78 is 5.22. The van der Waals surface area contributed by atoms with E-state index < -0.39 is 4.92 Å². The Bertz CT molecular complexity index is 983. The summed E-state index contributed by atoms with van der Waals surface area (Å²) in [6, 6.07) is 23.9. The molecule has 0 fully saturated rings. The Balaban J connectivity index is 1.83. The van der Waals surface area contributed by atoms with Crippen LogP contribution in [0.3, 0.4) is 0 Å². The molecule has 0 N–H and O–H groups in total. The van der Waals surface area contributed by atoms with Crippen molar-refractivity contribution in [2.24, 2.45) is 4.99 Å². The van der Waals surface area contributed by atoms with Crippen molar-refractivity contribution < 1.29 is 9.66 Å². The molecular formula is C22H18N2O3S. The Kier molecular flexibility index (Phi) is 6.59. The van der Waals surface area contributed by atoms with Crippen molar-refractivity contribution in [1.82, 2.24) is 0 Å². The van der Waals surface area contributed by atoms with Crippen molar-refractivity contribution in [1.29, 1.82) is 0 Å². The number of nitro benzene ring substituents is 1. The van der Waals surface area contributed by atoms with Gasteiger partial charge in [0.2, 0.25) is 0 Å². The Morgan fingerprint density at radius 3 is 2.29 bits per heavy atom. The molecule has 5 nitrogen and oxygen atoms in total. The summed E-state index contributed by atoms with van der Waals surface area (Å²) in [4.78, 5) is 16.0. The number of nitro groups is 1. The lowest BCUT2D eigenvalue weighted by Gasteiger charge is -2.05. The zero-order valence-corrected chi connectivity index (χ0v) is 16.0. The summed E-state index contributed by atoms with van der Waals surface area (Å²) in [5.41, 5.74) is 2.71. The van der Waals surface area contributed by atoms with Gasteiger partial charge in [-0.2, -0.15) is 0 Å². The minimum atomic E-state index is -0.404. The maximum absolute atomic E-state index is 10.8. The van der Waals surface area contributed by atoms with Crippen LogP contribution in [0.4, 0.5) is 11.4 Å². The van der Waals surface area contributed by atoms with E-state index in [1.165, 1.54) is 23.9 Å². The third-order valence-corrected chi connectivity index (χ3v) is 4.69. The highest BCUT2D eigenvalue weighted by Crippen LogP contribution is 2.23. The molecule has 0 saturated heterocycles. The number of nitrogens with zero attached hydrogens (tertiary/aromatic N) is 2. The maximum Gasteiger partial charge on any atom is 0.269 e. The van der Waals surface area contributed by atoms with Crippen molar-refractivity contribution in [3.63, 3.8) is 0 Å². The molecule has 0 aliphatic heterocycles. The molecule has 0 bridgehead atoms. The number of ether oxygens (including phenoxy) is 1. The normalized spacial score (nSPS) is 11.5. The van der Waals surface area contributed by atoms with Crippen molar-refractivity contribution in [3.8, 4) is 5.75 Å². The number of hydrogen-bond acceptors (Lipinski definition) is 5. The van der Waals surface area contributed by atoms with Gasteiger partial charge in [-0.3, -0.25) is 10.1 Å². The summed E-state index contributed by atoms with van der Waals surface area (Å²) in [5.74, 6) is 0.784. The predicted octanol–water partition coefficient (Wildman–Crippen LogP) is 6.03. The van der Waals surface area contributed by atoms with Gasteiger partial charge in [-0.15, -0.1) is 0 Å². The molecule has 0 heterocycles. The smallest absolute Gasteiger partial charge is 0.269 e. The van der Waals surface area contributed by atoms with Crippen molar-refractivity contribution in [2.75, 3.05) is 7.11 Å². The molecule has 0 saturated carbocycles. The molecule has 0 unspecified atom stereocenters. The van der Waals surface area contributed by atoms with Gasteiger partial charge in [0.15, 0.2) is 0 Å². The average molecular weight is 390 g/mol. The quantitative estimate of drug-likeness (QED) is 0.214. The lowest BCUT2D eigenvalue weighted by atomic mass is 10.1. The molecule has 28 heavy (non-hydrogen) atoms. The summed E-state index contributed by atoms with van der Waals surface area (Å²) >= 11 is 1.47. The molecule has 0 aromatic heterocycles. The first kappa shape index (κ1) is 19.4. The molecule has 0 spiro atoms. The molecule has 140 valence electrons. The number of para-hydroxylation sites is 1. The van der Waals surface area contributed by atoms with Crippen LogP contribution in [0.5, 0.6) is 5.75 Å². The van der Waals surface area contributed by atoms with Crippen LogP contribution in [-0.2, 0) is 0 Å². The Hall–Kier alpha value is -3.38. The lowest BCUT2D eigenvalue weighted by molar-refractivity contribution is -0.384.